The molecule has 0 atom stereocenters. The topological polar surface area (TPSA) is 62.9 Å². The van der Waals surface area contributed by atoms with Crippen LogP contribution in [0.5, 0.6) is 0 Å². The first kappa shape index (κ1) is 15.9. The molecule has 3 aromatic rings. The fourth-order valence-corrected chi connectivity index (χ4v) is 3.25. The van der Waals surface area contributed by atoms with Crippen LogP contribution < -0.4 is 10.3 Å². The molecule has 0 spiro atoms. The van der Waals surface area contributed by atoms with Crippen molar-refractivity contribution in [2.24, 2.45) is 0 Å². The smallest absolute Gasteiger partial charge is 0.205 e. The molecule has 128 valence electrons. The Labute approximate surface area is 145 Å². The molecule has 4 rings (SSSR count). The Balaban J connectivity index is 1.98. The van der Waals surface area contributed by atoms with Gasteiger partial charge in [-0.1, -0.05) is 42.5 Å². The number of aliphatic hydroxyl groups excluding tert-OH is 1. The van der Waals surface area contributed by atoms with Crippen molar-refractivity contribution in [3.63, 3.8) is 0 Å². The highest BCUT2D eigenvalue weighted by Gasteiger charge is 2.22. The molecule has 0 aliphatic carbocycles. The Morgan fingerprint density at radius 3 is 2.48 bits per heavy atom. The lowest BCUT2D eigenvalue weighted by atomic mass is 10.0. The van der Waals surface area contributed by atoms with Crippen LogP contribution in [-0.4, -0.2) is 31.4 Å². The zero-order chi connectivity index (χ0) is 17.2. The summed E-state index contributed by atoms with van der Waals surface area (Å²) < 4.78 is 11.6. The Kier molecular flexibility index (Phi) is 4.26. The molecule has 2 aromatic carbocycles. The van der Waals surface area contributed by atoms with E-state index < -0.39 is 0 Å². The van der Waals surface area contributed by atoms with Crippen molar-refractivity contribution in [2.75, 3.05) is 31.2 Å². The third-order valence-corrected chi connectivity index (χ3v) is 4.53. The van der Waals surface area contributed by atoms with Crippen molar-refractivity contribution in [1.82, 2.24) is 0 Å². The predicted molar refractivity (Wildman–Crippen MR) is 96.9 cm³/mol. The Bertz CT molecular complexity index is 943. The van der Waals surface area contributed by atoms with E-state index in [2.05, 4.69) is 0 Å². The summed E-state index contributed by atoms with van der Waals surface area (Å²) in [4.78, 5) is 14.9. The zero-order valence-corrected chi connectivity index (χ0v) is 13.8. The molecule has 0 radical (unpaired) electrons. The summed E-state index contributed by atoms with van der Waals surface area (Å²) in [5, 5.41) is 10.2. The van der Waals surface area contributed by atoms with Crippen LogP contribution in [0.1, 0.15) is 5.56 Å². The highest BCUT2D eigenvalue weighted by atomic mass is 16.5. The number of benzene rings is 2. The average Bonchev–Trinajstić information content (AvgIpc) is 2.69. The van der Waals surface area contributed by atoms with Crippen molar-refractivity contribution in [3.05, 3.63) is 64.3 Å². The van der Waals surface area contributed by atoms with Crippen LogP contribution in [0, 0.1) is 0 Å². The van der Waals surface area contributed by atoms with Gasteiger partial charge in [0, 0.05) is 18.7 Å². The van der Waals surface area contributed by atoms with Crippen molar-refractivity contribution < 1.29 is 14.3 Å². The largest absolute Gasteiger partial charge is 0.439 e. The number of rotatable bonds is 3. The molecule has 0 unspecified atom stereocenters. The molecular formula is C20H19NO4. The number of aliphatic hydroxyl groups is 1. The molecule has 1 N–H and O–H groups in total. The number of anilines is 1. The fraction of sp³-hybridized carbons (Fsp3) is 0.250. The minimum absolute atomic E-state index is 0.178. The van der Waals surface area contributed by atoms with E-state index >= 15 is 0 Å². The molecule has 25 heavy (non-hydrogen) atoms. The molecule has 1 fully saturated rings. The third-order valence-electron chi connectivity index (χ3n) is 4.53. The minimum Gasteiger partial charge on any atom is -0.439 e. The molecular weight excluding hydrogens is 318 g/mol. The lowest BCUT2D eigenvalue weighted by Crippen LogP contribution is -2.37. The SMILES string of the molecule is O=c1c(CO)c(N2CCOCC2)oc2c(-c3ccccc3)cccc12. The maximum absolute atomic E-state index is 12.9. The maximum Gasteiger partial charge on any atom is 0.205 e. The van der Waals surface area contributed by atoms with E-state index in [1.807, 2.05) is 47.4 Å². The lowest BCUT2D eigenvalue weighted by Gasteiger charge is -2.28. The van der Waals surface area contributed by atoms with Gasteiger partial charge in [0.2, 0.25) is 5.88 Å². The van der Waals surface area contributed by atoms with E-state index in [0.29, 0.717) is 48.7 Å². The number of hydrogen-bond donors (Lipinski definition) is 1. The van der Waals surface area contributed by atoms with Crippen LogP contribution in [0.4, 0.5) is 5.88 Å². The monoisotopic (exact) mass is 337 g/mol. The van der Waals surface area contributed by atoms with Gasteiger partial charge >= 0.3 is 0 Å². The quantitative estimate of drug-likeness (QED) is 0.796. The predicted octanol–water partition coefficient (Wildman–Crippen LogP) is 2.79. The van der Waals surface area contributed by atoms with Gasteiger partial charge in [-0.2, -0.15) is 0 Å². The van der Waals surface area contributed by atoms with Gasteiger partial charge in [0.15, 0.2) is 5.43 Å². The molecule has 2 heterocycles. The van der Waals surface area contributed by atoms with E-state index in [4.69, 9.17) is 9.15 Å². The first-order valence-electron chi connectivity index (χ1n) is 8.37. The summed E-state index contributed by atoms with van der Waals surface area (Å²) in [6.07, 6.45) is 0. The Morgan fingerprint density at radius 1 is 1.00 bits per heavy atom. The van der Waals surface area contributed by atoms with E-state index in [-0.39, 0.29) is 12.0 Å². The number of morpholine rings is 1. The molecule has 1 aliphatic rings. The molecule has 0 amide bonds. The van der Waals surface area contributed by atoms with Crippen molar-refractivity contribution in [1.29, 1.82) is 0 Å². The van der Waals surface area contributed by atoms with Crippen LogP contribution in [0.2, 0.25) is 0 Å². The second-order valence-electron chi connectivity index (χ2n) is 6.02. The van der Waals surface area contributed by atoms with Crippen molar-refractivity contribution in [3.8, 4) is 11.1 Å². The Morgan fingerprint density at radius 2 is 1.76 bits per heavy atom. The molecule has 5 heteroatoms. The van der Waals surface area contributed by atoms with Gasteiger partial charge in [0.1, 0.15) is 5.58 Å². The summed E-state index contributed by atoms with van der Waals surface area (Å²) in [6, 6.07) is 15.4. The summed E-state index contributed by atoms with van der Waals surface area (Å²) in [5.41, 5.74) is 2.54. The second kappa shape index (κ2) is 6.70. The number of nitrogens with zero attached hydrogens (tertiary/aromatic N) is 1. The van der Waals surface area contributed by atoms with E-state index in [9.17, 15) is 9.90 Å². The van der Waals surface area contributed by atoms with Gasteiger partial charge in [-0.3, -0.25) is 4.79 Å². The molecule has 0 bridgehead atoms. The summed E-state index contributed by atoms with van der Waals surface area (Å²) in [7, 11) is 0. The highest BCUT2D eigenvalue weighted by molar-refractivity contribution is 5.93. The molecule has 5 nitrogen and oxygen atoms in total. The summed E-state index contributed by atoms with van der Waals surface area (Å²) in [6.45, 7) is 2.07. The first-order valence-corrected chi connectivity index (χ1v) is 8.37. The van der Waals surface area contributed by atoms with Gasteiger partial charge in [-0.25, -0.2) is 0 Å². The van der Waals surface area contributed by atoms with Crippen LogP contribution in [-0.2, 0) is 11.3 Å². The van der Waals surface area contributed by atoms with Gasteiger partial charge in [-0.05, 0) is 11.6 Å². The normalized spacial score (nSPS) is 14.8. The molecule has 1 aliphatic heterocycles. The highest BCUT2D eigenvalue weighted by Crippen LogP contribution is 2.32. The number of ether oxygens (including phenoxy) is 1. The first-order chi connectivity index (χ1) is 12.3. The lowest BCUT2D eigenvalue weighted by molar-refractivity contribution is 0.120. The van der Waals surface area contributed by atoms with Crippen molar-refractivity contribution >= 4 is 16.9 Å². The van der Waals surface area contributed by atoms with Crippen molar-refractivity contribution in [2.45, 2.75) is 6.61 Å². The van der Waals surface area contributed by atoms with Crippen LogP contribution in [0.25, 0.3) is 22.1 Å². The van der Waals surface area contributed by atoms with Crippen LogP contribution >= 0.6 is 0 Å². The minimum atomic E-state index is -0.347. The van der Waals surface area contributed by atoms with E-state index in [0.717, 1.165) is 11.1 Å². The van der Waals surface area contributed by atoms with E-state index in [1.165, 1.54) is 0 Å². The summed E-state index contributed by atoms with van der Waals surface area (Å²) >= 11 is 0. The molecule has 1 aromatic heterocycles. The van der Waals surface area contributed by atoms with Gasteiger partial charge in [0.25, 0.3) is 0 Å². The van der Waals surface area contributed by atoms with Crippen LogP contribution in [0.15, 0.2) is 57.7 Å². The standard InChI is InChI=1S/C20H19NO4/c22-13-17-18(23)16-8-4-7-15(14-5-2-1-3-6-14)19(16)25-20(17)21-9-11-24-12-10-21/h1-8,22H,9-13H2. The van der Waals surface area contributed by atoms with Gasteiger partial charge in [0.05, 0.1) is 30.8 Å². The van der Waals surface area contributed by atoms with Gasteiger partial charge < -0.3 is 19.2 Å². The summed E-state index contributed by atoms with van der Waals surface area (Å²) in [5.74, 6) is 0.451. The zero-order valence-electron chi connectivity index (χ0n) is 13.8. The van der Waals surface area contributed by atoms with Gasteiger partial charge in [-0.15, -0.1) is 0 Å². The second-order valence-corrected chi connectivity index (χ2v) is 6.02. The van der Waals surface area contributed by atoms with E-state index in [1.54, 1.807) is 6.07 Å². The van der Waals surface area contributed by atoms with Crippen LogP contribution in [0.3, 0.4) is 0 Å². The third kappa shape index (κ3) is 2.81. The fourth-order valence-electron chi connectivity index (χ4n) is 3.25. The maximum atomic E-state index is 12.9. The number of fused-ring (bicyclic) bond motifs is 1. The molecule has 0 saturated carbocycles. The average molecular weight is 337 g/mol. The number of para-hydroxylation sites is 1. The molecule has 1 saturated heterocycles. The number of hydrogen-bond acceptors (Lipinski definition) is 5. The Hall–Kier alpha value is -2.63.